The number of anilines is 1. The van der Waals surface area contributed by atoms with E-state index in [1.54, 1.807) is 0 Å². The minimum absolute atomic E-state index is 0.153. The second-order valence-electron chi connectivity index (χ2n) is 5.71. The number of nitrogens with zero attached hydrogens (tertiary/aromatic N) is 1. The highest BCUT2D eigenvalue weighted by Gasteiger charge is 2.30. The van der Waals surface area contributed by atoms with Crippen molar-refractivity contribution in [1.29, 1.82) is 0 Å². The van der Waals surface area contributed by atoms with Crippen LogP contribution in [0.3, 0.4) is 0 Å². The third-order valence-corrected chi connectivity index (χ3v) is 4.15. The zero-order valence-corrected chi connectivity index (χ0v) is 12.0. The molecule has 1 amide bonds. The molecule has 4 heteroatoms. The van der Waals surface area contributed by atoms with Gasteiger partial charge in [0.25, 0.3) is 0 Å². The van der Waals surface area contributed by atoms with E-state index in [4.69, 9.17) is 4.74 Å². The molecule has 0 bridgehead atoms. The number of ether oxygens (including phenoxy) is 1. The van der Waals surface area contributed by atoms with Crippen LogP contribution >= 0.6 is 0 Å². The summed E-state index contributed by atoms with van der Waals surface area (Å²) in [5.74, 6) is 0.153. The molecular formula is C16H22N2O2. The maximum atomic E-state index is 12.4. The standard InChI is InChI=1S/C16H22N2O2/c1-12-9-13-5-2-3-7-15(13)18(12)16(19)11-17-10-14-6-4-8-20-14/h2-3,5,7,12,14,17H,4,6,8-11H2,1H3. The highest BCUT2D eigenvalue weighted by molar-refractivity contribution is 5.97. The predicted molar refractivity (Wildman–Crippen MR) is 78.9 cm³/mol. The molecule has 1 aromatic rings. The number of rotatable bonds is 4. The lowest BCUT2D eigenvalue weighted by molar-refractivity contribution is -0.118. The van der Waals surface area contributed by atoms with E-state index in [2.05, 4.69) is 18.3 Å². The molecule has 2 aliphatic rings. The summed E-state index contributed by atoms with van der Waals surface area (Å²) in [4.78, 5) is 14.3. The number of fused-ring (bicyclic) bond motifs is 1. The topological polar surface area (TPSA) is 41.6 Å². The van der Waals surface area contributed by atoms with Gasteiger partial charge in [0.2, 0.25) is 5.91 Å². The van der Waals surface area contributed by atoms with Gasteiger partial charge in [0.1, 0.15) is 0 Å². The van der Waals surface area contributed by atoms with Gasteiger partial charge in [0, 0.05) is 24.9 Å². The van der Waals surface area contributed by atoms with Gasteiger partial charge < -0.3 is 15.0 Å². The second-order valence-corrected chi connectivity index (χ2v) is 5.71. The Bertz CT molecular complexity index is 483. The average molecular weight is 274 g/mol. The van der Waals surface area contributed by atoms with Gasteiger partial charge in [-0.25, -0.2) is 0 Å². The third kappa shape index (κ3) is 2.72. The number of hydrogen-bond acceptors (Lipinski definition) is 3. The van der Waals surface area contributed by atoms with Gasteiger partial charge in [-0.3, -0.25) is 4.79 Å². The first-order chi connectivity index (χ1) is 9.75. The summed E-state index contributed by atoms with van der Waals surface area (Å²) < 4.78 is 5.55. The highest BCUT2D eigenvalue weighted by atomic mass is 16.5. The quantitative estimate of drug-likeness (QED) is 0.909. The number of para-hydroxylation sites is 1. The maximum absolute atomic E-state index is 12.4. The molecule has 1 N–H and O–H groups in total. The monoisotopic (exact) mass is 274 g/mol. The molecule has 4 nitrogen and oxygen atoms in total. The molecule has 1 saturated heterocycles. The second kappa shape index (κ2) is 5.94. The summed E-state index contributed by atoms with van der Waals surface area (Å²) in [5, 5.41) is 3.24. The van der Waals surface area contributed by atoms with Crippen LogP contribution in [-0.4, -0.2) is 37.7 Å². The molecule has 2 atom stereocenters. The van der Waals surface area contributed by atoms with Gasteiger partial charge in [-0.2, -0.15) is 0 Å². The molecule has 0 spiro atoms. The summed E-state index contributed by atoms with van der Waals surface area (Å²) in [6, 6.07) is 8.44. The normalized spacial score (nSPS) is 24.9. The lowest BCUT2D eigenvalue weighted by Crippen LogP contribution is -2.43. The first kappa shape index (κ1) is 13.6. The van der Waals surface area contributed by atoms with E-state index in [9.17, 15) is 4.79 Å². The Morgan fingerprint density at radius 3 is 3.10 bits per heavy atom. The molecule has 2 heterocycles. The first-order valence-electron chi connectivity index (χ1n) is 7.48. The zero-order chi connectivity index (χ0) is 13.9. The predicted octanol–water partition coefficient (Wildman–Crippen LogP) is 1.73. The number of amides is 1. The first-order valence-corrected chi connectivity index (χ1v) is 7.48. The molecule has 2 aliphatic heterocycles. The van der Waals surface area contributed by atoms with Crippen LogP contribution in [0.25, 0.3) is 0 Å². The smallest absolute Gasteiger partial charge is 0.241 e. The van der Waals surface area contributed by atoms with Crippen molar-refractivity contribution in [3.05, 3.63) is 29.8 Å². The van der Waals surface area contributed by atoms with Gasteiger partial charge >= 0.3 is 0 Å². The molecule has 1 aromatic carbocycles. The Morgan fingerprint density at radius 1 is 1.45 bits per heavy atom. The Labute approximate surface area is 120 Å². The molecule has 0 radical (unpaired) electrons. The van der Waals surface area contributed by atoms with Crippen molar-refractivity contribution in [1.82, 2.24) is 5.32 Å². The summed E-state index contributed by atoms with van der Waals surface area (Å²) >= 11 is 0. The minimum Gasteiger partial charge on any atom is -0.377 e. The lowest BCUT2D eigenvalue weighted by atomic mass is 10.1. The van der Waals surface area contributed by atoms with E-state index in [0.29, 0.717) is 6.54 Å². The van der Waals surface area contributed by atoms with Crippen molar-refractivity contribution in [2.75, 3.05) is 24.6 Å². The molecule has 0 aromatic heterocycles. The fourth-order valence-electron chi connectivity index (χ4n) is 3.18. The summed E-state index contributed by atoms with van der Waals surface area (Å²) in [6.07, 6.45) is 3.47. The molecular weight excluding hydrogens is 252 g/mol. The Kier molecular flexibility index (Phi) is 4.03. The van der Waals surface area contributed by atoms with Crippen LogP contribution in [0.5, 0.6) is 0 Å². The molecule has 20 heavy (non-hydrogen) atoms. The third-order valence-electron chi connectivity index (χ3n) is 4.15. The molecule has 1 fully saturated rings. The van der Waals surface area contributed by atoms with Gasteiger partial charge in [0.15, 0.2) is 0 Å². The van der Waals surface area contributed by atoms with E-state index in [1.807, 2.05) is 23.1 Å². The van der Waals surface area contributed by atoms with E-state index >= 15 is 0 Å². The number of carbonyl (C=O) groups excluding carboxylic acids is 1. The zero-order valence-electron chi connectivity index (χ0n) is 12.0. The molecule has 0 aliphatic carbocycles. The number of hydrogen-bond donors (Lipinski definition) is 1. The van der Waals surface area contributed by atoms with Crippen LogP contribution in [-0.2, 0) is 16.0 Å². The molecule has 3 rings (SSSR count). The van der Waals surface area contributed by atoms with Gasteiger partial charge in [-0.05, 0) is 37.8 Å². The lowest BCUT2D eigenvalue weighted by Gasteiger charge is -2.23. The van der Waals surface area contributed by atoms with Gasteiger partial charge in [0.05, 0.1) is 12.6 Å². The van der Waals surface area contributed by atoms with Crippen molar-refractivity contribution >= 4 is 11.6 Å². The van der Waals surface area contributed by atoms with Crippen LogP contribution in [0.15, 0.2) is 24.3 Å². The van der Waals surface area contributed by atoms with Crippen molar-refractivity contribution in [3.63, 3.8) is 0 Å². The Balaban J connectivity index is 1.56. The Morgan fingerprint density at radius 2 is 2.30 bits per heavy atom. The van der Waals surface area contributed by atoms with Crippen LogP contribution in [0.4, 0.5) is 5.69 Å². The van der Waals surface area contributed by atoms with Gasteiger partial charge in [-0.1, -0.05) is 18.2 Å². The van der Waals surface area contributed by atoms with Crippen LogP contribution in [0.1, 0.15) is 25.3 Å². The highest BCUT2D eigenvalue weighted by Crippen LogP contribution is 2.31. The number of benzene rings is 1. The van der Waals surface area contributed by atoms with E-state index in [-0.39, 0.29) is 18.1 Å². The van der Waals surface area contributed by atoms with Crippen molar-refractivity contribution in [3.8, 4) is 0 Å². The largest absolute Gasteiger partial charge is 0.377 e. The molecule has 0 saturated carbocycles. The fourth-order valence-corrected chi connectivity index (χ4v) is 3.18. The number of carbonyl (C=O) groups is 1. The van der Waals surface area contributed by atoms with Crippen LogP contribution < -0.4 is 10.2 Å². The van der Waals surface area contributed by atoms with Crippen LogP contribution in [0.2, 0.25) is 0 Å². The van der Waals surface area contributed by atoms with Crippen molar-refractivity contribution < 1.29 is 9.53 Å². The van der Waals surface area contributed by atoms with Crippen molar-refractivity contribution in [2.24, 2.45) is 0 Å². The Hall–Kier alpha value is -1.39. The average Bonchev–Trinajstić information content (AvgIpc) is 3.04. The van der Waals surface area contributed by atoms with E-state index < -0.39 is 0 Å². The summed E-state index contributed by atoms with van der Waals surface area (Å²) in [6.45, 7) is 4.13. The number of nitrogens with one attached hydrogen (secondary N) is 1. The maximum Gasteiger partial charge on any atom is 0.241 e. The minimum atomic E-state index is 0.153. The van der Waals surface area contributed by atoms with E-state index in [0.717, 1.165) is 38.1 Å². The molecule has 2 unspecified atom stereocenters. The summed E-state index contributed by atoms with van der Waals surface area (Å²) in [7, 11) is 0. The fraction of sp³-hybridized carbons (Fsp3) is 0.562. The summed E-state index contributed by atoms with van der Waals surface area (Å²) in [5.41, 5.74) is 2.34. The van der Waals surface area contributed by atoms with Gasteiger partial charge in [-0.15, -0.1) is 0 Å². The molecule has 108 valence electrons. The van der Waals surface area contributed by atoms with Crippen molar-refractivity contribution in [2.45, 2.75) is 38.3 Å². The SMILES string of the molecule is CC1Cc2ccccc2N1C(=O)CNCC1CCCO1. The van der Waals surface area contributed by atoms with Crippen LogP contribution in [0, 0.1) is 0 Å². The van der Waals surface area contributed by atoms with E-state index in [1.165, 1.54) is 5.56 Å².